The number of aromatic nitrogens is 5. The summed E-state index contributed by atoms with van der Waals surface area (Å²) in [6.07, 6.45) is 8.40. The van der Waals surface area contributed by atoms with E-state index in [1.165, 1.54) is 25.6 Å². The average Bonchev–Trinajstić information content (AvgIpc) is 3.47. The van der Waals surface area contributed by atoms with Crippen LogP contribution in [-0.2, 0) is 5.41 Å². The molecule has 12 heteroatoms. The summed E-state index contributed by atoms with van der Waals surface area (Å²) in [4.78, 5) is 41.9. The molecule has 1 fully saturated rings. The van der Waals surface area contributed by atoms with Crippen LogP contribution in [0.1, 0.15) is 85.9 Å². The first-order valence-corrected chi connectivity index (χ1v) is 16.2. The zero-order chi connectivity index (χ0) is 33.7. The Hall–Kier alpha value is -4.84. The van der Waals surface area contributed by atoms with Crippen LogP contribution in [0.25, 0.3) is 5.82 Å². The number of nitrogens with one attached hydrogen (secondary N) is 4. The Bertz CT molecular complexity index is 1720. The average molecular weight is 639 g/mol. The van der Waals surface area contributed by atoms with Crippen molar-refractivity contribution in [3.05, 3.63) is 77.5 Å². The number of carbonyl (C=O) groups excluding carboxylic acids is 2. The number of anilines is 4. The van der Waals surface area contributed by atoms with Gasteiger partial charge in [-0.2, -0.15) is 9.78 Å². The smallest absolute Gasteiger partial charge is 0.271 e. The molecule has 0 spiro atoms. The molecule has 248 valence electrons. The van der Waals surface area contributed by atoms with Crippen LogP contribution in [0.3, 0.4) is 0 Å². The predicted molar refractivity (Wildman–Crippen MR) is 186 cm³/mol. The van der Waals surface area contributed by atoms with Crippen molar-refractivity contribution in [2.24, 2.45) is 0 Å². The Morgan fingerprint density at radius 3 is 2.47 bits per heavy atom. The number of nitrogens with zero attached hydrogens (tertiary/aromatic N) is 6. The summed E-state index contributed by atoms with van der Waals surface area (Å²) in [5, 5.41) is 17.1. The molecule has 5 rings (SSSR count). The lowest BCUT2D eigenvalue weighted by Gasteiger charge is -2.38. The van der Waals surface area contributed by atoms with Gasteiger partial charge in [0.2, 0.25) is 0 Å². The van der Waals surface area contributed by atoms with Crippen molar-refractivity contribution in [3.8, 4) is 5.82 Å². The van der Waals surface area contributed by atoms with Crippen LogP contribution in [0.4, 0.5) is 23.0 Å². The second-order valence-electron chi connectivity index (χ2n) is 13.3. The van der Waals surface area contributed by atoms with Crippen LogP contribution < -0.4 is 21.3 Å². The Labute approximate surface area is 276 Å². The molecule has 12 nitrogen and oxygen atoms in total. The maximum atomic E-state index is 13.4. The van der Waals surface area contributed by atoms with Crippen molar-refractivity contribution in [1.29, 1.82) is 0 Å². The number of hydrogen-bond acceptors (Lipinski definition) is 9. The van der Waals surface area contributed by atoms with E-state index in [2.05, 4.69) is 80.8 Å². The first kappa shape index (κ1) is 33.5. The van der Waals surface area contributed by atoms with Gasteiger partial charge in [0.1, 0.15) is 18.0 Å². The van der Waals surface area contributed by atoms with Crippen LogP contribution in [-0.4, -0.2) is 73.7 Å². The van der Waals surface area contributed by atoms with E-state index >= 15 is 0 Å². The molecular weight excluding hydrogens is 592 g/mol. The highest BCUT2D eigenvalue weighted by Gasteiger charge is 2.25. The molecule has 3 aromatic heterocycles. The van der Waals surface area contributed by atoms with Crippen molar-refractivity contribution in [2.45, 2.75) is 78.3 Å². The quantitative estimate of drug-likeness (QED) is 0.172. The molecule has 1 aromatic carbocycles. The van der Waals surface area contributed by atoms with Gasteiger partial charge in [0.15, 0.2) is 11.5 Å². The van der Waals surface area contributed by atoms with Gasteiger partial charge in [0, 0.05) is 68.1 Å². The van der Waals surface area contributed by atoms with Crippen LogP contribution in [0.5, 0.6) is 0 Å². The van der Waals surface area contributed by atoms with E-state index in [9.17, 15) is 9.59 Å². The second kappa shape index (κ2) is 14.3. The third-order valence-electron chi connectivity index (χ3n) is 8.72. The molecule has 1 aliphatic heterocycles. The highest BCUT2D eigenvalue weighted by atomic mass is 16.2. The van der Waals surface area contributed by atoms with Gasteiger partial charge in [0.25, 0.3) is 11.8 Å². The van der Waals surface area contributed by atoms with E-state index in [4.69, 9.17) is 0 Å². The van der Waals surface area contributed by atoms with E-state index in [1.807, 2.05) is 31.2 Å². The number of likely N-dealkylation sites (tertiary alicyclic amines) is 1. The van der Waals surface area contributed by atoms with Crippen LogP contribution in [0, 0.1) is 6.92 Å². The molecule has 0 bridgehead atoms. The summed E-state index contributed by atoms with van der Waals surface area (Å²) in [5.41, 5.74) is 3.85. The highest BCUT2D eigenvalue weighted by molar-refractivity contribution is 6.04. The zero-order valence-electron chi connectivity index (χ0n) is 28.4. The fraction of sp³-hybridized carbons (Fsp3) is 0.429. The van der Waals surface area contributed by atoms with Crippen LogP contribution in [0.15, 0.2) is 55.1 Å². The van der Waals surface area contributed by atoms with Crippen molar-refractivity contribution < 1.29 is 9.59 Å². The van der Waals surface area contributed by atoms with Crippen molar-refractivity contribution in [3.63, 3.8) is 0 Å². The lowest BCUT2D eigenvalue weighted by Crippen LogP contribution is -2.47. The molecular formula is C35H46N10O2. The van der Waals surface area contributed by atoms with Gasteiger partial charge in [-0.3, -0.25) is 19.5 Å². The van der Waals surface area contributed by atoms with Gasteiger partial charge in [-0.05, 0) is 68.4 Å². The van der Waals surface area contributed by atoms with E-state index < -0.39 is 0 Å². The normalized spacial score (nSPS) is 16.8. The first-order chi connectivity index (χ1) is 22.4. The zero-order valence-corrected chi connectivity index (χ0v) is 28.4. The summed E-state index contributed by atoms with van der Waals surface area (Å²) in [7, 11) is 1.77. The molecule has 1 aliphatic rings. The minimum Gasteiger partial charge on any atom is -0.373 e. The van der Waals surface area contributed by atoms with E-state index in [1.54, 1.807) is 36.3 Å². The molecule has 2 amide bonds. The van der Waals surface area contributed by atoms with Crippen molar-refractivity contribution in [1.82, 2.24) is 34.9 Å². The maximum absolute atomic E-state index is 13.4. The Morgan fingerprint density at radius 2 is 1.74 bits per heavy atom. The molecule has 4 heterocycles. The fourth-order valence-corrected chi connectivity index (χ4v) is 5.81. The lowest BCUT2D eigenvalue weighted by atomic mass is 9.87. The Morgan fingerprint density at radius 1 is 0.979 bits per heavy atom. The van der Waals surface area contributed by atoms with Crippen LogP contribution in [0.2, 0.25) is 0 Å². The number of benzene rings is 1. The number of pyridine rings is 1. The minimum absolute atomic E-state index is 0.134. The molecule has 0 aliphatic carbocycles. The largest absolute Gasteiger partial charge is 0.373 e. The Balaban J connectivity index is 1.37. The molecule has 0 saturated carbocycles. The number of carbonyl (C=O) groups is 2. The molecule has 1 saturated heterocycles. The fourth-order valence-electron chi connectivity index (χ4n) is 5.81. The van der Waals surface area contributed by atoms with Gasteiger partial charge < -0.3 is 21.3 Å². The third kappa shape index (κ3) is 8.12. The topological polar surface area (TPSA) is 142 Å². The number of amides is 2. The number of aryl methyl sites for hydroxylation is 1. The maximum Gasteiger partial charge on any atom is 0.271 e. The van der Waals surface area contributed by atoms with E-state index in [0.717, 1.165) is 23.4 Å². The highest BCUT2D eigenvalue weighted by Crippen LogP contribution is 2.28. The predicted octanol–water partition coefficient (Wildman–Crippen LogP) is 5.69. The molecule has 47 heavy (non-hydrogen) atoms. The van der Waals surface area contributed by atoms with Gasteiger partial charge in [0.05, 0.1) is 5.56 Å². The van der Waals surface area contributed by atoms with Gasteiger partial charge in [-0.25, -0.2) is 9.97 Å². The molecule has 4 N–H and O–H groups in total. The second-order valence-corrected chi connectivity index (χ2v) is 13.3. The van der Waals surface area contributed by atoms with Gasteiger partial charge >= 0.3 is 0 Å². The van der Waals surface area contributed by atoms with E-state index in [0.29, 0.717) is 47.3 Å². The van der Waals surface area contributed by atoms with Crippen molar-refractivity contribution >= 4 is 34.8 Å². The first-order valence-electron chi connectivity index (χ1n) is 16.2. The summed E-state index contributed by atoms with van der Waals surface area (Å²) < 4.78 is 1.58. The van der Waals surface area contributed by atoms with Gasteiger partial charge in [-0.15, -0.1) is 0 Å². The number of hydrogen-bond donors (Lipinski definition) is 4. The van der Waals surface area contributed by atoms with Crippen molar-refractivity contribution in [2.75, 3.05) is 36.1 Å². The molecule has 0 radical (unpaired) electrons. The van der Waals surface area contributed by atoms with Gasteiger partial charge in [-0.1, -0.05) is 33.3 Å². The summed E-state index contributed by atoms with van der Waals surface area (Å²) in [6, 6.07) is 11.9. The SMILES string of the molecule is CNc1cc(-n2nc(C(=O)NCCN3C(C)CCCC3C)cc2Nc2cc(NC(=O)c3cncc(C(C)(C)C)c3)ccc2C)ncn1. The molecule has 2 atom stereocenters. The standard InChI is InChI=1S/C35H46N10O2/c1-22-11-12-27(41-33(46)25-15-26(20-37-19-25)35(4,5)6)16-28(22)42-32-17-29(43-45(32)31-18-30(36-7)39-21-40-31)34(47)38-13-14-44-23(2)9-8-10-24(44)3/h11-12,15-21,23-24,42H,8-10,13-14H2,1-7H3,(H,38,47)(H,41,46)(H,36,39,40). The Kier molecular flexibility index (Phi) is 10.2. The monoisotopic (exact) mass is 638 g/mol. The number of rotatable bonds is 10. The van der Waals surface area contributed by atoms with Crippen LogP contribution >= 0.6 is 0 Å². The molecule has 2 unspecified atom stereocenters. The summed E-state index contributed by atoms with van der Waals surface area (Å²) in [5.74, 6) is 1.10. The summed E-state index contributed by atoms with van der Waals surface area (Å²) >= 11 is 0. The molecule has 4 aromatic rings. The minimum atomic E-state index is -0.268. The van der Waals surface area contributed by atoms with E-state index in [-0.39, 0.29) is 22.9 Å². The third-order valence-corrected chi connectivity index (χ3v) is 8.72. The lowest BCUT2D eigenvalue weighted by molar-refractivity contribution is 0.0884. The number of piperidine rings is 1. The summed E-state index contributed by atoms with van der Waals surface area (Å²) in [6.45, 7) is 14.0.